The number of ether oxygens (including phenoxy) is 2. The Morgan fingerprint density at radius 2 is 0.893 bits per heavy atom. The van der Waals surface area contributed by atoms with Gasteiger partial charge < -0.3 is 9.47 Å². The molecular formula is C25H48O3. The molecule has 0 bridgehead atoms. The van der Waals surface area contributed by atoms with E-state index < -0.39 is 6.16 Å². The Kier molecular flexibility index (Phi) is 23.2. The summed E-state index contributed by atoms with van der Waals surface area (Å²) >= 11 is 0. The Morgan fingerprint density at radius 3 is 1.36 bits per heavy atom. The molecule has 0 spiro atoms. The van der Waals surface area contributed by atoms with Crippen molar-refractivity contribution < 1.29 is 14.3 Å². The van der Waals surface area contributed by atoms with Crippen molar-refractivity contribution in [3.63, 3.8) is 0 Å². The Balaban J connectivity index is 3.17. The molecule has 0 saturated heterocycles. The third-order valence-corrected chi connectivity index (χ3v) is 5.09. The van der Waals surface area contributed by atoms with Gasteiger partial charge in [0.05, 0.1) is 13.2 Å². The average molecular weight is 397 g/mol. The highest BCUT2D eigenvalue weighted by Crippen LogP contribution is 2.10. The van der Waals surface area contributed by atoms with Crippen LogP contribution in [0.3, 0.4) is 0 Å². The van der Waals surface area contributed by atoms with Gasteiger partial charge in [0.15, 0.2) is 0 Å². The van der Waals surface area contributed by atoms with E-state index in [1.54, 1.807) is 0 Å². The molecule has 0 amide bonds. The van der Waals surface area contributed by atoms with Crippen LogP contribution in [-0.4, -0.2) is 19.4 Å². The normalized spacial score (nSPS) is 11.2. The molecule has 0 aromatic rings. The summed E-state index contributed by atoms with van der Waals surface area (Å²) in [7, 11) is 0. The van der Waals surface area contributed by atoms with Crippen LogP contribution in [0.4, 0.5) is 4.79 Å². The lowest BCUT2D eigenvalue weighted by Gasteiger charge is -2.06. The molecule has 0 N–H and O–H groups in total. The molecule has 0 saturated carbocycles. The van der Waals surface area contributed by atoms with Crippen LogP contribution in [0, 0.1) is 0 Å². The summed E-state index contributed by atoms with van der Waals surface area (Å²) in [6.07, 6.45) is 26.7. The first-order chi connectivity index (χ1) is 13.8. The van der Waals surface area contributed by atoms with Gasteiger partial charge >= 0.3 is 6.16 Å². The first-order valence-electron chi connectivity index (χ1n) is 12.3. The zero-order chi connectivity index (χ0) is 20.5. The number of allylic oxidation sites excluding steroid dienone is 2. The number of carbonyl (C=O) groups excluding carboxylic acids is 1. The van der Waals surface area contributed by atoms with Crippen molar-refractivity contribution in [1.82, 2.24) is 0 Å². The van der Waals surface area contributed by atoms with Crippen molar-refractivity contribution in [1.29, 1.82) is 0 Å². The molecule has 166 valence electrons. The number of hydrogen-bond donors (Lipinski definition) is 0. The monoisotopic (exact) mass is 396 g/mol. The quantitative estimate of drug-likeness (QED) is 0.110. The lowest BCUT2D eigenvalue weighted by atomic mass is 10.1. The Bertz CT molecular complexity index is 339. The maximum atomic E-state index is 11.4. The molecule has 3 nitrogen and oxygen atoms in total. The minimum absolute atomic E-state index is 0.492. The summed E-state index contributed by atoms with van der Waals surface area (Å²) in [6, 6.07) is 0. The number of hydrogen-bond acceptors (Lipinski definition) is 3. The highest BCUT2D eigenvalue weighted by Gasteiger charge is 2.02. The highest BCUT2D eigenvalue weighted by molar-refractivity contribution is 5.59. The van der Waals surface area contributed by atoms with E-state index in [9.17, 15) is 4.79 Å². The third-order valence-electron chi connectivity index (χ3n) is 5.09. The molecule has 0 aliphatic rings. The highest BCUT2D eigenvalue weighted by atomic mass is 16.7. The topological polar surface area (TPSA) is 35.5 Å². The second-order valence-corrected chi connectivity index (χ2v) is 7.95. The SMILES string of the molecule is CCCCCCCCC=CCCCCCCCCOC(=O)OCCCCCC. The molecule has 0 aliphatic heterocycles. The summed E-state index contributed by atoms with van der Waals surface area (Å²) in [5.74, 6) is 0. The zero-order valence-corrected chi connectivity index (χ0v) is 19.0. The van der Waals surface area contributed by atoms with Crippen LogP contribution in [0.15, 0.2) is 12.2 Å². The lowest BCUT2D eigenvalue weighted by molar-refractivity contribution is 0.0529. The van der Waals surface area contributed by atoms with E-state index in [4.69, 9.17) is 9.47 Å². The van der Waals surface area contributed by atoms with E-state index >= 15 is 0 Å². The number of rotatable bonds is 21. The summed E-state index contributed by atoms with van der Waals surface area (Å²) in [6.45, 7) is 5.43. The van der Waals surface area contributed by atoms with Crippen molar-refractivity contribution in [2.24, 2.45) is 0 Å². The lowest BCUT2D eigenvalue weighted by Crippen LogP contribution is -2.09. The Labute approximate surface area is 175 Å². The van der Waals surface area contributed by atoms with E-state index in [0.29, 0.717) is 13.2 Å². The Morgan fingerprint density at radius 1 is 0.536 bits per heavy atom. The molecule has 0 fully saturated rings. The van der Waals surface area contributed by atoms with E-state index in [1.165, 1.54) is 89.9 Å². The maximum absolute atomic E-state index is 11.4. The molecule has 0 aliphatic carbocycles. The van der Waals surface area contributed by atoms with E-state index in [1.807, 2.05) is 0 Å². The van der Waals surface area contributed by atoms with Gasteiger partial charge in [0.25, 0.3) is 0 Å². The fraction of sp³-hybridized carbons (Fsp3) is 0.880. The maximum Gasteiger partial charge on any atom is 0.508 e. The molecule has 0 heterocycles. The van der Waals surface area contributed by atoms with Crippen LogP contribution in [0.5, 0.6) is 0 Å². The largest absolute Gasteiger partial charge is 0.508 e. The average Bonchev–Trinajstić information content (AvgIpc) is 2.70. The summed E-state index contributed by atoms with van der Waals surface area (Å²) < 4.78 is 10.1. The van der Waals surface area contributed by atoms with Gasteiger partial charge in [-0.25, -0.2) is 4.79 Å². The van der Waals surface area contributed by atoms with Gasteiger partial charge in [-0.3, -0.25) is 0 Å². The van der Waals surface area contributed by atoms with Crippen LogP contribution in [0.1, 0.15) is 129 Å². The fourth-order valence-corrected chi connectivity index (χ4v) is 3.23. The second-order valence-electron chi connectivity index (χ2n) is 7.95. The van der Waals surface area contributed by atoms with Crippen LogP contribution in [0.25, 0.3) is 0 Å². The van der Waals surface area contributed by atoms with Gasteiger partial charge in [-0.2, -0.15) is 0 Å². The molecule has 0 rings (SSSR count). The van der Waals surface area contributed by atoms with Crippen molar-refractivity contribution >= 4 is 6.16 Å². The number of unbranched alkanes of at least 4 members (excludes halogenated alkanes) is 15. The van der Waals surface area contributed by atoms with E-state index in [0.717, 1.165) is 25.7 Å². The molecular weight excluding hydrogens is 348 g/mol. The van der Waals surface area contributed by atoms with Crippen LogP contribution in [-0.2, 0) is 9.47 Å². The standard InChI is InChI=1S/C25H48O3/c1-3-5-7-9-10-11-12-13-14-15-16-17-18-19-20-22-24-28-25(26)27-23-21-8-6-4-2/h13-14H,3-12,15-24H2,1-2H3. The van der Waals surface area contributed by atoms with Gasteiger partial charge in [-0.1, -0.05) is 103 Å². The molecule has 0 unspecified atom stereocenters. The van der Waals surface area contributed by atoms with Crippen molar-refractivity contribution in [3.8, 4) is 0 Å². The number of carbonyl (C=O) groups is 1. The minimum Gasteiger partial charge on any atom is -0.434 e. The smallest absolute Gasteiger partial charge is 0.434 e. The summed E-state index contributed by atoms with van der Waals surface area (Å²) in [5.41, 5.74) is 0. The van der Waals surface area contributed by atoms with Gasteiger partial charge in [-0.05, 0) is 38.5 Å². The first-order valence-corrected chi connectivity index (χ1v) is 12.3. The minimum atomic E-state index is -0.496. The van der Waals surface area contributed by atoms with Crippen molar-refractivity contribution in [3.05, 3.63) is 12.2 Å². The molecule has 28 heavy (non-hydrogen) atoms. The first kappa shape index (κ1) is 27.0. The zero-order valence-electron chi connectivity index (χ0n) is 19.0. The Hall–Kier alpha value is -0.990. The van der Waals surface area contributed by atoms with Gasteiger partial charge in [0.2, 0.25) is 0 Å². The molecule has 0 aromatic carbocycles. The van der Waals surface area contributed by atoms with Gasteiger partial charge in [-0.15, -0.1) is 0 Å². The second kappa shape index (κ2) is 24.0. The van der Waals surface area contributed by atoms with Gasteiger partial charge in [0, 0.05) is 0 Å². The van der Waals surface area contributed by atoms with Crippen molar-refractivity contribution in [2.75, 3.05) is 13.2 Å². The summed E-state index contributed by atoms with van der Waals surface area (Å²) in [4.78, 5) is 11.4. The fourth-order valence-electron chi connectivity index (χ4n) is 3.23. The van der Waals surface area contributed by atoms with Crippen LogP contribution in [0.2, 0.25) is 0 Å². The van der Waals surface area contributed by atoms with E-state index in [-0.39, 0.29) is 0 Å². The predicted octanol–water partition coefficient (Wildman–Crippen LogP) is 8.76. The molecule has 0 atom stereocenters. The molecule has 3 heteroatoms. The van der Waals surface area contributed by atoms with Crippen LogP contribution < -0.4 is 0 Å². The van der Waals surface area contributed by atoms with Crippen molar-refractivity contribution in [2.45, 2.75) is 129 Å². The third kappa shape index (κ3) is 23.0. The van der Waals surface area contributed by atoms with E-state index in [2.05, 4.69) is 26.0 Å². The predicted molar refractivity (Wildman–Crippen MR) is 121 cm³/mol. The molecule has 0 radical (unpaired) electrons. The van der Waals surface area contributed by atoms with Gasteiger partial charge in [0.1, 0.15) is 0 Å². The van der Waals surface area contributed by atoms with Crippen LogP contribution >= 0.6 is 0 Å². The summed E-state index contributed by atoms with van der Waals surface area (Å²) in [5, 5.41) is 0. The molecule has 0 aromatic heterocycles.